The Morgan fingerprint density at radius 1 is 1.38 bits per heavy atom. The molecule has 1 rings (SSSR count). The molecular formula is C2H5O3Si3. The summed E-state index contributed by atoms with van der Waals surface area (Å²) >= 11 is 0. The Bertz CT molecular complexity index is 63.5. The van der Waals surface area contributed by atoms with Crippen molar-refractivity contribution < 1.29 is 12.3 Å². The van der Waals surface area contributed by atoms with E-state index in [1.807, 2.05) is 0 Å². The topological polar surface area (TPSA) is 27.7 Å². The van der Waals surface area contributed by atoms with Crippen LogP contribution in [0.3, 0.4) is 0 Å². The van der Waals surface area contributed by atoms with Crippen molar-refractivity contribution >= 4 is 29.3 Å². The molecule has 6 heteroatoms. The van der Waals surface area contributed by atoms with Crippen LogP contribution < -0.4 is 0 Å². The second-order valence-corrected chi connectivity index (χ2v) is 5.43. The fourth-order valence-electron chi connectivity index (χ4n) is 0.317. The molecule has 0 bridgehead atoms. The van der Waals surface area contributed by atoms with E-state index in [-0.39, 0.29) is 20.0 Å². The SMILES string of the molecule is CC[Si]1O[Si]O[Si]O1. The molecule has 5 radical (unpaired) electrons. The third-order valence-corrected chi connectivity index (χ3v) is 4.42. The molecule has 1 fully saturated rings. The molecule has 0 aromatic rings. The van der Waals surface area contributed by atoms with Gasteiger partial charge in [0.05, 0.1) is 0 Å². The lowest BCUT2D eigenvalue weighted by Crippen LogP contribution is -2.34. The predicted molar refractivity (Wildman–Crippen MR) is 31.0 cm³/mol. The van der Waals surface area contributed by atoms with Crippen LogP contribution in [0.15, 0.2) is 0 Å². The van der Waals surface area contributed by atoms with Gasteiger partial charge < -0.3 is 12.3 Å². The van der Waals surface area contributed by atoms with E-state index in [0.29, 0.717) is 0 Å². The highest BCUT2D eigenvalue weighted by Crippen LogP contribution is 1.98. The standard InChI is InChI=1S/C2H5O3Si3/c1-2-8-4-6-3-7-5-8/h2H2,1H3. The highest BCUT2D eigenvalue weighted by atomic mass is 28.4. The molecule has 1 saturated heterocycles. The van der Waals surface area contributed by atoms with E-state index in [4.69, 9.17) is 12.3 Å². The van der Waals surface area contributed by atoms with Gasteiger partial charge in [0.1, 0.15) is 0 Å². The monoisotopic (exact) mass is 161 g/mol. The van der Waals surface area contributed by atoms with Crippen molar-refractivity contribution in [2.75, 3.05) is 0 Å². The highest BCUT2D eigenvalue weighted by Gasteiger charge is 2.19. The molecule has 1 heterocycles. The Hall–Kier alpha value is 0.531. The molecule has 0 aromatic heterocycles. The molecule has 0 spiro atoms. The molecule has 0 amide bonds. The highest BCUT2D eigenvalue weighted by molar-refractivity contribution is 6.61. The lowest BCUT2D eigenvalue weighted by atomic mass is 11.0. The molecule has 1 aliphatic heterocycles. The zero-order chi connectivity index (χ0) is 5.82. The summed E-state index contributed by atoms with van der Waals surface area (Å²) in [5.74, 6) is 0. The molecule has 0 aliphatic carbocycles. The molecule has 0 atom stereocenters. The van der Waals surface area contributed by atoms with Gasteiger partial charge in [-0.2, -0.15) is 0 Å². The second kappa shape index (κ2) is 3.54. The first kappa shape index (κ1) is 6.65. The predicted octanol–water partition coefficient (Wildman–Crippen LogP) is -0.374. The van der Waals surface area contributed by atoms with Crippen LogP contribution in [0.25, 0.3) is 0 Å². The summed E-state index contributed by atoms with van der Waals surface area (Å²) in [6, 6.07) is 1.01. The zero-order valence-electron chi connectivity index (χ0n) is 4.43. The van der Waals surface area contributed by atoms with Gasteiger partial charge in [0.15, 0.2) is 0 Å². The van der Waals surface area contributed by atoms with Crippen molar-refractivity contribution in [2.45, 2.75) is 13.0 Å². The number of rotatable bonds is 1. The molecule has 0 unspecified atom stereocenters. The summed E-state index contributed by atoms with van der Waals surface area (Å²) in [5.41, 5.74) is 0. The Kier molecular flexibility index (Phi) is 2.94. The average molecular weight is 161 g/mol. The first-order chi connectivity index (χ1) is 3.93. The van der Waals surface area contributed by atoms with E-state index in [9.17, 15) is 0 Å². The van der Waals surface area contributed by atoms with Crippen molar-refractivity contribution in [3.05, 3.63) is 0 Å². The van der Waals surface area contributed by atoms with Crippen LogP contribution in [0.1, 0.15) is 6.92 Å². The maximum atomic E-state index is 5.12. The van der Waals surface area contributed by atoms with Gasteiger partial charge in [-0.05, 0) is 6.04 Å². The van der Waals surface area contributed by atoms with Gasteiger partial charge in [0, 0.05) is 0 Å². The lowest BCUT2D eigenvalue weighted by molar-refractivity contribution is 0.323. The summed E-state index contributed by atoms with van der Waals surface area (Å²) < 4.78 is 15.1. The van der Waals surface area contributed by atoms with Crippen LogP contribution in [-0.4, -0.2) is 29.3 Å². The largest absolute Gasteiger partial charge is 0.413 e. The third kappa shape index (κ3) is 1.80. The smallest absolute Gasteiger partial charge is 0.412 e. The summed E-state index contributed by atoms with van der Waals surface area (Å²) in [6.45, 7) is 2.06. The number of hydrogen-bond acceptors (Lipinski definition) is 3. The Labute approximate surface area is 55.3 Å². The molecular weight excluding hydrogens is 156 g/mol. The first-order valence-electron chi connectivity index (χ1n) is 2.29. The molecule has 0 N–H and O–H groups in total. The van der Waals surface area contributed by atoms with E-state index >= 15 is 0 Å². The van der Waals surface area contributed by atoms with E-state index in [1.54, 1.807) is 0 Å². The van der Waals surface area contributed by atoms with Crippen molar-refractivity contribution in [2.24, 2.45) is 0 Å². The minimum absolute atomic E-state index is 0.221. The van der Waals surface area contributed by atoms with Gasteiger partial charge in [0.25, 0.3) is 0 Å². The summed E-state index contributed by atoms with van der Waals surface area (Å²) in [4.78, 5) is 0. The van der Waals surface area contributed by atoms with Gasteiger partial charge in [-0.3, -0.25) is 0 Å². The quantitative estimate of drug-likeness (QED) is 0.491. The normalized spacial score (nSPS) is 23.6. The van der Waals surface area contributed by atoms with Crippen LogP contribution in [0.4, 0.5) is 0 Å². The van der Waals surface area contributed by atoms with E-state index in [0.717, 1.165) is 6.04 Å². The first-order valence-corrected chi connectivity index (χ1v) is 5.44. The van der Waals surface area contributed by atoms with E-state index in [1.165, 1.54) is 0 Å². The fourth-order valence-corrected chi connectivity index (χ4v) is 3.98. The van der Waals surface area contributed by atoms with E-state index < -0.39 is 9.28 Å². The van der Waals surface area contributed by atoms with Gasteiger partial charge in [0.2, 0.25) is 0 Å². The molecule has 1 aliphatic rings. The van der Waals surface area contributed by atoms with Gasteiger partial charge in [-0.25, -0.2) is 0 Å². The lowest BCUT2D eigenvalue weighted by Gasteiger charge is -2.16. The molecule has 0 saturated carbocycles. The van der Waals surface area contributed by atoms with Crippen LogP contribution in [0.2, 0.25) is 6.04 Å². The third-order valence-electron chi connectivity index (χ3n) is 0.683. The van der Waals surface area contributed by atoms with Gasteiger partial charge in [-0.15, -0.1) is 0 Å². The minimum atomic E-state index is -0.888. The van der Waals surface area contributed by atoms with Gasteiger partial charge in [-0.1, -0.05) is 6.92 Å². The van der Waals surface area contributed by atoms with Crippen LogP contribution >= 0.6 is 0 Å². The summed E-state index contributed by atoms with van der Waals surface area (Å²) in [6.07, 6.45) is 0. The Balaban J connectivity index is 2.13. The molecule has 3 nitrogen and oxygen atoms in total. The maximum Gasteiger partial charge on any atom is 0.412 e. The summed E-state index contributed by atoms with van der Waals surface area (Å²) in [7, 11) is -0.445. The van der Waals surface area contributed by atoms with Crippen molar-refractivity contribution in [1.82, 2.24) is 0 Å². The number of hydrogen-bond donors (Lipinski definition) is 0. The van der Waals surface area contributed by atoms with Crippen molar-refractivity contribution in [3.63, 3.8) is 0 Å². The van der Waals surface area contributed by atoms with Crippen LogP contribution in [0, 0.1) is 0 Å². The average Bonchev–Trinajstić information content (AvgIpc) is 1.90. The zero-order valence-corrected chi connectivity index (χ0v) is 7.43. The molecule has 0 aromatic carbocycles. The fraction of sp³-hybridized carbons (Fsp3) is 1.00. The van der Waals surface area contributed by atoms with Crippen LogP contribution in [-0.2, 0) is 12.3 Å². The minimum Gasteiger partial charge on any atom is -0.413 e. The molecule has 43 valence electrons. The Morgan fingerprint density at radius 2 is 2.00 bits per heavy atom. The molecule has 8 heavy (non-hydrogen) atoms. The Morgan fingerprint density at radius 3 is 2.38 bits per heavy atom. The van der Waals surface area contributed by atoms with E-state index in [2.05, 4.69) is 6.92 Å². The van der Waals surface area contributed by atoms with Gasteiger partial charge >= 0.3 is 29.3 Å². The second-order valence-electron chi connectivity index (χ2n) is 1.20. The van der Waals surface area contributed by atoms with Crippen molar-refractivity contribution in [3.8, 4) is 0 Å². The maximum absolute atomic E-state index is 5.12. The van der Waals surface area contributed by atoms with Crippen LogP contribution in [0.5, 0.6) is 0 Å². The summed E-state index contributed by atoms with van der Waals surface area (Å²) in [5, 5.41) is 0. The van der Waals surface area contributed by atoms with Crippen molar-refractivity contribution in [1.29, 1.82) is 0 Å².